The molecule has 1 aliphatic rings. The van der Waals surface area contributed by atoms with Crippen LogP contribution in [-0.4, -0.2) is 31.7 Å². The minimum Gasteiger partial charge on any atom is -0.348 e. The lowest BCUT2D eigenvalue weighted by Crippen LogP contribution is -2.39. The Labute approximate surface area is 185 Å². The minimum absolute atomic E-state index is 0.351. The largest absolute Gasteiger partial charge is 0.348 e. The second kappa shape index (κ2) is 8.26. The van der Waals surface area contributed by atoms with Crippen LogP contribution in [0, 0.1) is 6.92 Å². The van der Waals surface area contributed by atoms with Crippen molar-refractivity contribution in [3.8, 4) is 11.3 Å². The second-order valence-electron chi connectivity index (χ2n) is 7.19. The molecule has 29 heavy (non-hydrogen) atoms. The van der Waals surface area contributed by atoms with E-state index in [4.69, 9.17) is 28.2 Å². The number of benzene rings is 2. The fraction of sp³-hybridized carbons (Fsp3) is 0.286. The highest BCUT2D eigenvalue weighted by molar-refractivity contribution is 7.92. The highest BCUT2D eigenvalue weighted by atomic mass is 35.5. The average Bonchev–Trinajstić information content (AvgIpc) is 3.21. The number of anilines is 1. The van der Waals surface area contributed by atoms with Gasteiger partial charge in [-0.05, 0) is 44.0 Å². The van der Waals surface area contributed by atoms with Crippen molar-refractivity contribution in [3.63, 3.8) is 0 Å². The molecule has 0 saturated carbocycles. The number of aromatic nitrogens is 1. The highest BCUT2D eigenvalue weighted by Crippen LogP contribution is 2.33. The van der Waals surface area contributed by atoms with Gasteiger partial charge in [0.05, 0.1) is 25.9 Å². The minimum atomic E-state index is -3.30. The van der Waals surface area contributed by atoms with Gasteiger partial charge in [0.15, 0.2) is 15.0 Å². The third-order valence-electron chi connectivity index (χ3n) is 5.21. The first-order chi connectivity index (χ1) is 13.8. The van der Waals surface area contributed by atoms with Gasteiger partial charge in [0.25, 0.3) is 0 Å². The van der Waals surface area contributed by atoms with Crippen LogP contribution in [0.25, 0.3) is 11.3 Å². The molecular weight excluding hydrogens is 447 g/mol. The van der Waals surface area contributed by atoms with Crippen molar-refractivity contribution >= 4 is 49.5 Å². The van der Waals surface area contributed by atoms with Crippen molar-refractivity contribution in [1.29, 1.82) is 0 Å². The lowest BCUT2D eigenvalue weighted by atomic mass is 10.1. The number of aryl methyl sites for hydroxylation is 1. The summed E-state index contributed by atoms with van der Waals surface area (Å²) in [6, 6.07) is 12.6. The first-order valence-corrected chi connectivity index (χ1v) is 12.5. The Morgan fingerprint density at radius 2 is 1.72 bits per heavy atom. The van der Waals surface area contributed by atoms with Crippen LogP contribution in [0.3, 0.4) is 0 Å². The monoisotopic (exact) mass is 466 g/mol. The zero-order chi connectivity index (χ0) is 20.6. The van der Waals surface area contributed by atoms with E-state index in [0.29, 0.717) is 40.9 Å². The van der Waals surface area contributed by atoms with Gasteiger partial charge in [-0.25, -0.2) is 13.4 Å². The van der Waals surface area contributed by atoms with E-state index in [9.17, 15) is 8.42 Å². The maximum atomic E-state index is 12.9. The van der Waals surface area contributed by atoms with Gasteiger partial charge >= 0.3 is 0 Å². The molecule has 2 aromatic carbocycles. The van der Waals surface area contributed by atoms with E-state index in [2.05, 4.69) is 4.90 Å². The van der Waals surface area contributed by atoms with Crippen molar-refractivity contribution in [2.24, 2.45) is 0 Å². The maximum Gasteiger partial charge on any atom is 0.185 e. The molecule has 1 saturated heterocycles. The van der Waals surface area contributed by atoms with Crippen LogP contribution in [0.2, 0.25) is 10.0 Å². The zero-order valence-corrected chi connectivity index (χ0v) is 19.0. The standard InChI is InChI=1S/C21H20Cl2N2O2S2/c1-14-2-5-16(6-3-14)29(26,27)17-8-10-25(11-9-17)21-24-20(13-28-21)15-4-7-18(22)19(23)12-15/h2-7,12-13,17H,8-11H2,1H3. The van der Waals surface area contributed by atoms with Crippen molar-refractivity contribution in [3.05, 3.63) is 63.5 Å². The van der Waals surface area contributed by atoms with Gasteiger partial charge in [-0.2, -0.15) is 0 Å². The van der Waals surface area contributed by atoms with E-state index in [0.717, 1.165) is 22.0 Å². The zero-order valence-electron chi connectivity index (χ0n) is 15.8. The van der Waals surface area contributed by atoms with E-state index in [-0.39, 0.29) is 5.25 Å². The molecular formula is C21H20Cl2N2O2S2. The number of halogens is 2. The van der Waals surface area contributed by atoms with Gasteiger partial charge in [0.1, 0.15) is 0 Å². The van der Waals surface area contributed by atoms with Gasteiger partial charge in [-0.3, -0.25) is 0 Å². The van der Waals surface area contributed by atoms with E-state index in [1.165, 1.54) is 0 Å². The number of sulfone groups is 1. The summed E-state index contributed by atoms with van der Waals surface area (Å²) in [7, 11) is -3.30. The van der Waals surface area contributed by atoms with E-state index < -0.39 is 9.84 Å². The summed E-state index contributed by atoms with van der Waals surface area (Å²) in [6.07, 6.45) is 1.19. The summed E-state index contributed by atoms with van der Waals surface area (Å²) < 4.78 is 25.9. The average molecular weight is 467 g/mol. The summed E-state index contributed by atoms with van der Waals surface area (Å²) in [5, 5.41) is 3.56. The molecule has 0 bridgehead atoms. The Morgan fingerprint density at radius 1 is 1.03 bits per heavy atom. The molecule has 2 heterocycles. The third kappa shape index (κ3) is 4.31. The number of thiazole rings is 1. The summed E-state index contributed by atoms with van der Waals surface area (Å²) in [6.45, 7) is 3.29. The molecule has 1 aromatic heterocycles. The van der Waals surface area contributed by atoms with Gasteiger partial charge in [-0.15, -0.1) is 11.3 Å². The van der Waals surface area contributed by atoms with Crippen LogP contribution in [0.4, 0.5) is 5.13 Å². The van der Waals surface area contributed by atoms with Crippen LogP contribution < -0.4 is 4.90 Å². The fourth-order valence-corrected chi connectivity index (χ4v) is 6.39. The maximum absolute atomic E-state index is 12.9. The molecule has 0 unspecified atom stereocenters. The number of rotatable bonds is 4. The van der Waals surface area contributed by atoms with E-state index in [1.54, 1.807) is 29.5 Å². The molecule has 1 aliphatic heterocycles. The number of piperidine rings is 1. The number of hydrogen-bond donors (Lipinski definition) is 0. The lowest BCUT2D eigenvalue weighted by molar-refractivity contribution is 0.529. The summed E-state index contributed by atoms with van der Waals surface area (Å²) in [4.78, 5) is 7.30. The van der Waals surface area contributed by atoms with Crippen molar-refractivity contribution in [2.45, 2.75) is 29.9 Å². The molecule has 0 aliphatic carbocycles. The second-order valence-corrected chi connectivity index (χ2v) is 11.1. The Balaban J connectivity index is 1.45. The Kier molecular flexibility index (Phi) is 5.89. The Bertz CT molecular complexity index is 1120. The lowest BCUT2D eigenvalue weighted by Gasteiger charge is -2.31. The molecule has 0 atom stereocenters. The van der Waals surface area contributed by atoms with Gasteiger partial charge in [0.2, 0.25) is 0 Å². The van der Waals surface area contributed by atoms with Crippen LogP contribution in [0.5, 0.6) is 0 Å². The number of hydrogen-bond acceptors (Lipinski definition) is 5. The molecule has 0 spiro atoms. The summed E-state index contributed by atoms with van der Waals surface area (Å²) in [5.41, 5.74) is 2.82. The summed E-state index contributed by atoms with van der Waals surface area (Å²) in [5.74, 6) is 0. The van der Waals surface area contributed by atoms with Crippen molar-refractivity contribution < 1.29 is 8.42 Å². The van der Waals surface area contributed by atoms with E-state index in [1.807, 2.05) is 36.6 Å². The van der Waals surface area contributed by atoms with Gasteiger partial charge in [0, 0.05) is 24.0 Å². The SMILES string of the molecule is Cc1ccc(S(=O)(=O)C2CCN(c3nc(-c4ccc(Cl)c(Cl)c4)cs3)CC2)cc1. The Morgan fingerprint density at radius 3 is 2.38 bits per heavy atom. The fourth-order valence-electron chi connectivity index (χ4n) is 3.48. The highest BCUT2D eigenvalue weighted by Gasteiger charge is 2.32. The molecule has 1 fully saturated rings. The molecule has 0 radical (unpaired) electrons. The van der Waals surface area contributed by atoms with Crippen LogP contribution in [0.15, 0.2) is 52.7 Å². The van der Waals surface area contributed by atoms with Crippen LogP contribution in [0.1, 0.15) is 18.4 Å². The van der Waals surface area contributed by atoms with Crippen LogP contribution >= 0.6 is 34.5 Å². The normalized spacial score (nSPS) is 15.6. The van der Waals surface area contributed by atoms with Gasteiger partial charge in [-0.1, -0.05) is 47.0 Å². The number of nitrogens with zero attached hydrogens (tertiary/aromatic N) is 2. The quantitative estimate of drug-likeness (QED) is 0.482. The molecule has 0 N–H and O–H groups in total. The molecule has 4 rings (SSSR count). The molecule has 152 valence electrons. The predicted octanol–water partition coefficient (Wildman–Crippen LogP) is 5.87. The van der Waals surface area contributed by atoms with Crippen molar-refractivity contribution in [1.82, 2.24) is 4.98 Å². The Hall–Kier alpha value is -1.60. The van der Waals surface area contributed by atoms with Crippen LogP contribution in [-0.2, 0) is 9.84 Å². The molecule has 3 aromatic rings. The predicted molar refractivity (Wildman–Crippen MR) is 121 cm³/mol. The van der Waals surface area contributed by atoms with E-state index >= 15 is 0 Å². The smallest absolute Gasteiger partial charge is 0.185 e. The molecule has 0 amide bonds. The van der Waals surface area contributed by atoms with Crippen molar-refractivity contribution in [2.75, 3.05) is 18.0 Å². The summed E-state index contributed by atoms with van der Waals surface area (Å²) >= 11 is 13.7. The molecule has 4 nitrogen and oxygen atoms in total. The third-order valence-corrected chi connectivity index (χ3v) is 9.13. The van der Waals surface area contributed by atoms with Gasteiger partial charge < -0.3 is 4.90 Å². The molecule has 8 heteroatoms. The topological polar surface area (TPSA) is 50.3 Å². The first kappa shape index (κ1) is 20.7. The first-order valence-electron chi connectivity index (χ1n) is 9.31.